The van der Waals surface area contributed by atoms with Crippen LogP contribution in [0.2, 0.25) is 0 Å². The van der Waals surface area contributed by atoms with Gasteiger partial charge in [-0.15, -0.1) is 0 Å². The summed E-state index contributed by atoms with van der Waals surface area (Å²) in [7, 11) is 0. The number of Topliss-reactive ketones (excluding diaryl/α,β-unsaturated/α-hetero) is 1. The summed E-state index contributed by atoms with van der Waals surface area (Å²) in [6.07, 6.45) is 3.69. The third-order valence-electron chi connectivity index (χ3n) is 7.05. The lowest BCUT2D eigenvalue weighted by Crippen LogP contribution is -2.52. The van der Waals surface area contributed by atoms with Gasteiger partial charge in [-0.3, -0.25) is 9.59 Å². The van der Waals surface area contributed by atoms with Crippen LogP contribution < -0.4 is 15.0 Å². The van der Waals surface area contributed by atoms with Crippen LogP contribution in [-0.2, 0) is 4.79 Å². The monoisotopic (exact) mass is 493 g/mol. The van der Waals surface area contributed by atoms with Gasteiger partial charge in [0.2, 0.25) is 0 Å². The number of benzene rings is 2. The van der Waals surface area contributed by atoms with Crippen molar-refractivity contribution in [3.05, 3.63) is 60.2 Å². The minimum atomic E-state index is -0.724. The molecule has 2 aliphatic rings. The molecule has 2 amide bonds. The van der Waals surface area contributed by atoms with Crippen LogP contribution in [0.25, 0.3) is 0 Å². The number of piperazine rings is 1. The smallest absolute Gasteiger partial charge is 0.317 e. The average Bonchev–Trinajstić information content (AvgIpc) is 2.92. The van der Waals surface area contributed by atoms with Crippen molar-refractivity contribution < 1.29 is 24.2 Å². The number of carbonyl (C=O) groups is 3. The minimum absolute atomic E-state index is 0.0204. The fraction of sp³-hybridized carbons (Fsp3) is 0.464. The molecular weight excluding hydrogens is 458 g/mol. The standard InChI is InChI=1S/C28H35N3O5/c32-26(21-8-12-24(13-9-21)36-25-14-10-22(11-15-25)27(33)34)7-4-16-29-28(35)31-19-17-30(18-20-31)23-5-2-1-3-6-23/h1-3,5-6,8-9,12-13,22,25H,4,7,10-11,14-20H2,(H,29,35)(H,33,34). The Labute approximate surface area is 212 Å². The normalized spacial score (nSPS) is 20.0. The van der Waals surface area contributed by atoms with Gasteiger partial charge in [-0.05, 0) is 68.5 Å². The first-order valence-corrected chi connectivity index (χ1v) is 12.8. The van der Waals surface area contributed by atoms with E-state index >= 15 is 0 Å². The number of hydrogen-bond acceptors (Lipinski definition) is 5. The number of rotatable bonds is 9. The molecular formula is C28H35N3O5. The maximum Gasteiger partial charge on any atom is 0.317 e. The molecule has 0 bridgehead atoms. The van der Waals surface area contributed by atoms with Crippen molar-refractivity contribution in [3.8, 4) is 5.75 Å². The molecule has 1 aliphatic heterocycles. The van der Waals surface area contributed by atoms with E-state index in [0.29, 0.717) is 56.6 Å². The number of ketones is 1. The second-order valence-corrected chi connectivity index (χ2v) is 9.52. The van der Waals surface area contributed by atoms with Crippen molar-refractivity contribution in [2.45, 2.75) is 44.6 Å². The highest BCUT2D eigenvalue weighted by Crippen LogP contribution is 2.28. The van der Waals surface area contributed by atoms with Gasteiger partial charge in [0, 0.05) is 50.4 Å². The molecule has 2 aromatic carbocycles. The van der Waals surface area contributed by atoms with Gasteiger partial charge in [0.1, 0.15) is 5.75 Å². The summed E-state index contributed by atoms with van der Waals surface area (Å²) >= 11 is 0. The Bertz CT molecular complexity index is 1010. The second kappa shape index (κ2) is 12.4. The predicted molar refractivity (Wildman–Crippen MR) is 138 cm³/mol. The van der Waals surface area contributed by atoms with Gasteiger partial charge < -0.3 is 25.0 Å². The molecule has 2 N–H and O–H groups in total. The Kier molecular flexibility index (Phi) is 8.81. The predicted octanol–water partition coefficient (Wildman–Crippen LogP) is 4.20. The van der Waals surface area contributed by atoms with Gasteiger partial charge in [0.05, 0.1) is 12.0 Å². The average molecular weight is 494 g/mol. The van der Waals surface area contributed by atoms with Crippen LogP contribution in [0.4, 0.5) is 10.5 Å². The number of nitrogens with one attached hydrogen (secondary N) is 1. The number of carboxylic acid groups (broad SMARTS) is 1. The largest absolute Gasteiger partial charge is 0.490 e. The molecule has 2 fully saturated rings. The number of ether oxygens (including phenoxy) is 1. The lowest BCUT2D eigenvalue weighted by molar-refractivity contribution is -0.143. The number of urea groups is 1. The molecule has 4 rings (SSSR count). The van der Waals surface area contributed by atoms with Gasteiger partial charge in [-0.1, -0.05) is 18.2 Å². The number of carbonyl (C=O) groups excluding carboxylic acids is 2. The van der Waals surface area contributed by atoms with Crippen LogP contribution in [0.15, 0.2) is 54.6 Å². The highest BCUT2D eigenvalue weighted by Gasteiger charge is 2.27. The molecule has 8 heteroatoms. The lowest BCUT2D eigenvalue weighted by Gasteiger charge is -2.36. The lowest BCUT2D eigenvalue weighted by atomic mass is 9.87. The molecule has 2 aromatic rings. The van der Waals surface area contributed by atoms with Crippen molar-refractivity contribution in [2.75, 3.05) is 37.6 Å². The summed E-state index contributed by atoms with van der Waals surface area (Å²) in [4.78, 5) is 40.2. The van der Waals surface area contributed by atoms with Crippen molar-refractivity contribution in [2.24, 2.45) is 5.92 Å². The van der Waals surface area contributed by atoms with Crippen LogP contribution >= 0.6 is 0 Å². The van der Waals surface area contributed by atoms with Crippen molar-refractivity contribution in [1.82, 2.24) is 10.2 Å². The zero-order valence-corrected chi connectivity index (χ0v) is 20.6. The van der Waals surface area contributed by atoms with Gasteiger partial charge >= 0.3 is 12.0 Å². The van der Waals surface area contributed by atoms with E-state index in [1.165, 1.54) is 5.69 Å². The Balaban J connectivity index is 1.12. The highest BCUT2D eigenvalue weighted by molar-refractivity contribution is 5.96. The Morgan fingerprint density at radius 1 is 0.889 bits per heavy atom. The quantitative estimate of drug-likeness (QED) is 0.401. The number of amides is 2. The first-order valence-electron chi connectivity index (χ1n) is 12.8. The molecule has 1 saturated carbocycles. The fourth-order valence-corrected chi connectivity index (χ4v) is 4.85. The minimum Gasteiger partial charge on any atom is -0.490 e. The SMILES string of the molecule is O=C(CCCNC(=O)N1CCN(c2ccccc2)CC1)c1ccc(OC2CCC(C(=O)O)CC2)cc1. The van der Waals surface area contributed by atoms with Crippen molar-refractivity contribution in [3.63, 3.8) is 0 Å². The summed E-state index contributed by atoms with van der Waals surface area (Å²) in [5, 5.41) is 12.0. The molecule has 0 spiro atoms. The third-order valence-corrected chi connectivity index (χ3v) is 7.05. The van der Waals surface area contributed by atoms with Crippen molar-refractivity contribution in [1.29, 1.82) is 0 Å². The summed E-state index contributed by atoms with van der Waals surface area (Å²) in [5.41, 5.74) is 1.80. The van der Waals surface area contributed by atoms with E-state index in [1.807, 2.05) is 23.1 Å². The molecule has 0 radical (unpaired) electrons. The van der Waals surface area contributed by atoms with Crippen LogP contribution in [0.3, 0.4) is 0 Å². The van der Waals surface area contributed by atoms with Gasteiger partial charge in [0.25, 0.3) is 0 Å². The van der Waals surface area contributed by atoms with Crippen LogP contribution in [0.5, 0.6) is 5.75 Å². The van der Waals surface area contributed by atoms with Crippen LogP contribution in [0, 0.1) is 5.92 Å². The Morgan fingerprint density at radius 2 is 1.56 bits per heavy atom. The summed E-state index contributed by atoms with van der Waals surface area (Å²) < 4.78 is 5.97. The van der Waals surface area contributed by atoms with Crippen LogP contribution in [-0.4, -0.2) is 66.6 Å². The maximum absolute atomic E-state index is 12.5. The Morgan fingerprint density at radius 3 is 2.19 bits per heavy atom. The molecule has 0 unspecified atom stereocenters. The van der Waals surface area contributed by atoms with Crippen molar-refractivity contribution >= 4 is 23.5 Å². The summed E-state index contributed by atoms with van der Waals surface area (Å²) in [5.74, 6) is -0.253. The van der Waals surface area contributed by atoms with E-state index in [9.17, 15) is 14.4 Å². The fourth-order valence-electron chi connectivity index (χ4n) is 4.85. The maximum atomic E-state index is 12.5. The van der Waals surface area contributed by atoms with E-state index < -0.39 is 5.97 Å². The Hall–Kier alpha value is -3.55. The number of carboxylic acids is 1. The molecule has 0 aromatic heterocycles. The molecule has 36 heavy (non-hydrogen) atoms. The zero-order chi connectivity index (χ0) is 25.3. The van der Waals surface area contributed by atoms with E-state index in [1.54, 1.807) is 24.3 Å². The third kappa shape index (κ3) is 6.99. The van der Waals surface area contributed by atoms with E-state index in [0.717, 1.165) is 25.9 Å². The van der Waals surface area contributed by atoms with Gasteiger partial charge in [-0.25, -0.2) is 4.79 Å². The van der Waals surface area contributed by atoms with Crippen LogP contribution in [0.1, 0.15) is 48.9 Å². The molecule has 1 heterocycles. The number of hydrogen-bond donors (Lipinski definition) is 2. The second-order valence-electron chi connectivity index (χ2n) is 9.52. The zero-order valence-electron chi connectivity index (χ0n) is 20.6. The van der Waals surface area contributed by atoms with E-state index in [-0.39, 0.29) is 23.8 Å². The number of para-hydroxylation sites is 1. The molecule has 1 saturated heterocycles. The summed E-state index contributed by atoms with van der Waals surface area (Å²) in [6.45, 7) is 3.42. The summed E-state index contributed by atoms with van der Waals surface area (Å²) in [6, 6.07) is 17.3. The molecule has 192 valence electrons. The first-order chi connectivity index (χ1) is 17.5. The van der Waals surface area contributed by atoms with E-state index in [2.05, 4.69) is 22.3 Å². The molecule has 8 nitrogen and oxygen atoms in total. The topological polar surface area (TPSA) is 99.2 Å². The first kappa shape index (κ1) is 25.5. The number of aliphatic carboxylic acids is 1. The number of nitrogens with zero attached hydrogens (tertiary/aromatic N) is 2. The number of anilines is 1. The molecule has 1 aliphatic carbocycles. The molecule has 0 atom stereocenters. The van der Waals surface area contributed by atoms with Gasteiger partial charge in [0.15, 0.2) is 5.78 Å². The van der Waals surface area contributed by atoms with Gasteiger partial charge in [-0.2, -0.15) is 0 Å². The highest BCUT2D eigenvalue weighted by atomic mass is 16.5. The van der Waals surface area contributed by atoms with E-state index in [4.69, 9.17) is 9.84 Å².